The topological polar surface area (TPSA) is 66.4 Å². The second-order valence-electron chi connectivity index (χ2n) is 5.32. The van der Waals surface area contributed by atoms with Gasteiger partial charge >= 0.3 is 5.97 Å². The molecule has 1 rings (SSSR count). The molecule has 2 N–H and O–H groups in total. The van der Waals surface area contributed by atoms with Crippen LogP contribution in [0.2, 0.25) is 0 Å². The van der Waals surface area contributed by atoms with Crippen LogP contribution in [0.25, 0.3) is 0 Å². The summed E-state index contributed by atoms with van der Waals surface area (Å²) in [5, 5.41) is 11.4. The van der Waals surface area contributed by atoms with Gasteiger partial charge in [0.05, 0.1) is 0 Å². The third-order valence-corrected chi connectivity index (χ3v) is 4.06. The van der Waals surface area contributed by atoms with E-state index in [2.05, 4.69) is 31.3 Å². The van der Waals surface area contributed by atoms with E-state index in [1.54, 1.807) is 11.8 Å². The van der Waals surface area contributed by atoms with E-state index in [9.17, 15) is 9.59 Å². The van der Waals surface area contributed by atoms with Crippen LogP contribution in [-0.2, 0) is 9.59 Å². The van der Waals surface area contributed by atoms with Crippen LogP contribution < -0.4 is 5.32 Å². The highest BCUT2D eigenvalue weighted by molar-refractivity contribution is 7.99. The van der Waals surface area contributed by atoms with Gasteiger partial charge in [0.15, 0.2) is 0 Å². The lowest BCUT2D eigenvalue weighted by Crippen LogP contribution is -2.49. The smallest absolute Gasteiger partial charge is 0.328 e. The van der Waals surface area contributed by atoms with E-state index >= 15 is 0 Å². The van der Waals surface area contributed by atoms with Crippen molar-refractivity contribution in [2.45, 2.75) is 44.6 Å². The number of hydrogen-bond donors (Lipinski definition) is 2. The van der Waals surface area contributed by atoms with Crippen LogP contribution in [0.1, 0.15) is 31.4 Å². The van der Waals surface area contributed by atoms with Crippen molar-refractivity contribution < 1.29 is 14.7 Å². The third-order valence-electron chi connectivity index (χ3n) is 3.06. The quantitative estimate of drug-likeness (QED) is 0.792. The molecule has 0 aromatic heterocycles. The largest absolute Gasteiger partial charge is 0.480 e. The minimum absolute atomic E-state index is 0.242. The van der Waals surface area contributed by atoms with Gasteiger partial charge in [-0.05, 0) is 51.0 Å². The van der Waals surface area contributed by atoms with Crippen molar-refractivity contribution in [1.82, 2.24) is 5.32 Å². The van der Waals surface area contributed by atoms with Gasteiger partial charge in [-0.1, -0.05) is 6.07 Å². The second kappa shape index (κ2) is 6.79. The highest BCUT2D eigenvalue weighted by Gasteiger charge is 2.28. The number of nitrogens with one attached hydrogen (secondary N) is 1. The highest BCUT2D eigenvalue weighted by atomic mass is 32.2. The van der Waals surface area contributed by atoms with Crippen molar-refractivity contribution in [3.8, 4) is 0 Å². The molecule has 0 saturated heterocycles. The minimum atomic E-state index is -1.22. The number of carboxylic acid groups (broad SMARTS) is 1. The SMILES string of the molecule is Cc1ccc(SCCC(=O)NC(C)(C)C(=O)O)cc1C. The van der Waals surface area contributed by atoms with Crippen LogP contribution in [0.3, 0.4) is 0 Å². The normalized spacial score (nSPS) is 11.2. The number of aryl methyl sites for hydroxylation is 2. The van der Waals surface area contributed by atoms with Gasteiger partial charge in [-0.2, -0.15) is 0 Å². The molecule has 0 saturated carbocycles. The molecule has 20 heavy (non-hydrogen) atoms. The maximum atomic E-state index is 11.7. The first-order valence-electron chi connectivity index (χ1n) is 6.47. The fourth-order valence-corrected chi connectivity index (χ4v) is 2.48. The zero-order valence-electron chi connectivity index (χ0n) is 12.3. The zero-order valence-corrected chi connectivity index (χ0v) is 13.1. The van der Waals surface area contributed by atoms with E-state index in [-0.39, 0.29) is 5.91 Å². The summed E-state index contributed by atoms with van der Waals surface area (Å²) in [5.41, 5.74) is 1.25. The van der Waals surface area contributed by atoms with E-state index in [4.69, 9.17) is 5.11 Å². The molecular formula is C15H21NO3S. The van der Waals surface area contributed by atoms with Crippen LogP contribution in [-0.4, -0.2) is 28.3 Å². The van der Waals surface area contributed by atoms with Gasteiger partial charge in [0.25, 0.3) is 0 Å². The third kappa shape index (κ3) is 4.89. The first-order valence-corrected chi connectivity index (χ1v) is 7.45. The number of aliphatic carboxylic acids is 1. The average Bonchev–Trinajstić information content (AvgIpc) is 2.33. The van der Waals surface area contributed by atoms with Crippen LogP contribution in [0, 0.1) is 13.8 Å². The van der Waals surface area contributed by atoms with Gasteiger partial charge in [0.2, 0.25) is 5.91 Å². The van der Waals surface area contributed by atoms with Crippen LogP contribution in [0.5, 0.6) is 0 Å². The predicted octanol–water partition coefficient (Wildman–Crippen LogP) is 2.77. The second-order valence-corrected chi connectivity index (χ2v) is 6.49. The molecule has 0 aliphatic rings. The van der Waals surface area contributed by atoms with Gasteiger partial charge in [-0.15, -0.1) is 11.8 Å². The predicted molar refractivity (Wildman–Crippen MR) is 81.1 cm³/mol. The van der Waals surface area contributed by atoms with E-state index in [1.165, 1.54) is 25.0 Å². The molecular weight excluding hydrogens is 274 g/mol. The van der Waals surface area contributed by atoms with Gasteiger partial charge in [0, 0.05) is 17.1 Å². The molecule has 1 aromatic carbocycles. The summed E-state index contributed by atoms with van der Waals surface area (Å²) in [4.78, 5) is 23.7. The van der Waals surface area contributed by atoms with E-state index < -0.39 is 11.5 Å². The van der Waals surface area contributed by atoms with Gasteiger partial charge in [0.1, 0.15) is 5.54 Å². The Labute approximate surface area is 124 Å². The Morgan fingerprint density at radius 1 is 1.25 bits per heavy atom. The maximum absolute atomic E-state index is 11.7. The first kappa shape index (κ1) is 16.6. The number of carbonyl (C=O) groups is 2. The van der Waals surface area contributed by atoms with Crippen LogP contribution in [0.15, 0.2) is 23.1 Å². The van der Waals surface area contributed by atoms with Crippen LogP contribution >= 0.6 is 11.8 Å². The molecule has 1 aromatic rings. The fourth-order valence-electron chi connectivity index (χ4n) is 1.53. The number of amides is 1. The number of carbonyl (C=O) groups excluding carboxylic acids is 1. The fraction of sp³-hybridized carbons (Fsp3) is 0.467. The Balaban J connectivity index is 2.42. The maximum Gasteiger partial charge on any atom is 0.328 e. The summed E-state index contributed by atoms with van der Waals surface area (Å²) in [6.45, 7) is 7.07. The molecule has 5 heteroatoms. The standard InChI is InChI=1S/C15H21NO3S/c1-10-5-6-12(9-11(10)2)20-8-7-13(17)16-15(3,4)14(18)19/h5-6,9H,7-8H2,1-4H3,(H,16,17)(H,18,19). The number of thioether (sulfide) groups is 1. The van der Waals surface area contributed by atoms with Crippen molar-refractivity contribution in [1.29, 1.82) is 0 Å². The monoisotopic (exact) mass is 295 g/mol. The molecule has 1 amide bonds. The lowest BCUT2D eigenvalue weighted by atomic mass is 10.1. The van der Waals surface area contributed by atoms with Crippen molar-refractivity contribution in [3.05, 3.63) is 29.3 Å². The number of carboxylic acids is 1. The lowest BCUT2D eigenvalue weighted by molar-refractivity contribution is -0.145. The molecule has 4 nitrogen and oxygen atoms in total. The molecule has 0 atom stereocenters. The summed E-state index contributed by atoms with van der Waals surface area (Å²) in [6, 6.07) is 6.19. The Morgan fingerprint density at radius 2 is 1.90 bits per heavy atom. The summed E-state index contributed by atoms with van der Waals surface area (Å²) < 4.78 is 0. The Bertz CT molecular complexity index is 512. The summed E-state index contributed by atoms with van der Waals surface area (Å²) in [6.07, 6.45) is 0.300. The van der Waals surface area contributed by atoms with Crippen molar-refractivity contribution in [2.75, 3.05) is 5.75 Å². The number of hydrogen-bond acceptors (Lipinski definition) is 3. The van der Waals surface area contributed by atoms with Gasteiger partial charge < -0.3 is 10.4 Å². The average molecular weight is 295 g/mol. The Kier molecular flexibility index (Phi) is 5.62. The Hall–Kier alpha value is -1.49. The lowest BCUT2D eigenvalue weighted by Gasteiger charge is -2.20. The highest BCUT2D eigenvalue weighted by Crippen LogP contribution is 2.21. The minimum Gasteiger partial charge on any atom is -0.480 e. The first-order chi connectivity index (χ1) is 9.22. The summed E-state index contributed by atoms with van der Waals surface area (Å²) in [5.74, 6) is -0.647. The number of rotatable bonds is 6. The van der Waals surface area contributed by atoms with Gasteiger partial charge in [-0.25, -0.2) is 4.79 Å². The Morgan fingerprint density at radius 3 is 2.45 bits per heavy atom. The molecule has 110 valence electrons. The summed E-state index contributed by atoms with van der Waals surface area (Å²) in [7, 11) is 0. The van der Waals surface area contributed by atoms with Crippen molar-refractivity contribution in [3.63, 3.8) is 0 Å². The van der Waals surface area contributed by atoms with Crippen molar-refractivity contribution >= 4 is 23.6 Å². The summed E-state index contributed by atoms with van der Waals surface area (Å²) >= 11 is 1.60. The zero-order chi connectivity index (χ0) is 15.3. The molecule has 0 aliphatic heterocycles. The van der Waals surface area contributed by atoms with Crippen LogP contribution in [0.4, 0.5) is 0 Å². The molecule has 0 heterocycles. The molecule has 0 radical (unpaired) electrons. The van der Waals surface area contributed by atoms with E-state index in [0.29, 0.717) is 12.2 Å². The van der Waals surface area contributed by atoms with Gasteiger partial charge in [-0.3, -0.25) is 4.79 Å². The molecule has 0 unspecified atom stereocenters. The molecule has 0 aliphatic carbocycles. The number of benzene rings is 1. The van der Waals surface area contributed by atoms with Crippen molar-refractivity contribution in [2.24, 2.45) is 0 Å². The van der Waals surface area contributed by atoms with E-state index in [0.717, 1.165) is 4.90 Å². The molecule has 0 fully saturated rings. The molecule has 0 bridgehead atoms. The molecule has 0 spiro atoms. The van der Waals surface area contributed by atoms with E-state index in [1.807, 2.05) is 6.07 Å².